The van der Waals surface area contributed by atoms with Crippen LogP contribution in [0.5, 0.6) is 0 Å². The van der Waals surface area contributed by atoms with E-state index < -0.39 is 250 Å². The van der Waals surface area contributed by atoms with Gasteiger partial charge in [0.1, 0.15) is 6.54 Å². The first-order chi connectivity index (χ1) is 38.5. The van der Waals surface area contributed by atoms with E-state index in [9.17, 15) is 32.0 Å². The predicted molar refractivity (Wildman–Crippen MR) is 198 cm³/mol. The number of amides is 1. The molecular formula is C41H40F5N3O3S. The molecule has 1 aromatic heterocycles. The van der Waals surface area contributed by atoms with Gasteiger partial charge >= 0.3 is 6.18 Å². The summed E-state index contributed by atoms with van der Waals surface area (Å²) in [5.41, 5.74) is -11.6. The molecule has 0 aliphatic carbocycles. The van der Waals surface area contributed by atoms with Crippen molar-refractivity contribution in [2.75, 3.05) is 33.1 Å². The van der Waals surface area contributed by atoms with Crippen molar-refractivity contribution < 1.29 is 76.7 Å². The van der Waals surface area contributed by atoms with Gasteiger partial charge in [-0.1, -0.05) is 59.9 Å². The van der Waals surface area contributed by atoms with E-state index in [4.69, 9.17) is 35.6 Å². The van der Waals surface area contributed by atoms with Crippen LogP contribution in [0.15, 0.2) is 100 Å². The molecule has 0 atom stereocenters. The smallest absolute Gasteiger partial charge is 0.383 e. The zero-order valence-electron chi connectivity index (χ0n) is 59.3. The van der Waals surface area contributed by atoms with E-state index >= 15 is 9.18 Å². The van der Waals surface area contributed by atoms with Gasteiger partial charge in [0.2, 0.25) is 5.91 Å². The van der Waals surface area contributed by atoms with Crippen LogP contribution in [0.25, 0.3) is 22.0 Å². The maximum atomic E-state index is 15.9. The molecule has 0 radical (unpaired) electrons. The van der Waals surface area contributed by atoms with Crippen molar-refractivity contribution in [3.8, 4) is 11.1 Å². The SMILES string of the molecule is [2H]c1c([2H])c(F)c(F)c(CSc2c([2H])c(=O)c3c([2H])c(C)c([2H])c([2H])c3n2CC(=O)N(C([2H])([2H])c2c([2H])c([2H])c(-c3c([2H])c([2H])c(C(F)(F)F)c([2H])c3[2H])c([2H])c2[2H])C2([2H])C([2H])([2H])C([2H])([2H])N(C([2H])([2H])C([2H])([2H])OC([2H])([2H])[2H])C([2H])([2H])C2([2H])[2H])c1[2H]. The second-order valence-corrected chi connectivity index (χ2v) is 11.1. The summed E-state index contributed by atoms with van der Waals surface area (Å²) < 4.78 is 363. The maximum Gasteiger partial charge on any atom is 0.416 e. The topological polar surface area (TPSA) is 54.8 Å². The van der Waals surface area contributed by atoms with Crippen molar-refractivity contribution in [2.45, 2.75) is 55.7 Å². The predicted octanol–water partition coefficient (Wildman–Crippen LogP) is 8.71. The molecule has 4 aromatic carbocycles. The first-order valence-corrected chi connectivity index (χ1v) is 15.3. The van der Waals surface area contributed by atoms with E-state index in [1.54, 1.807) is 0 Å². The van der Waals surface area contributed by atoms with E-state index in [0.29, 0.717) is 0 Å². The molecule has 1 saturated heterocycles. The summed E-state index contributed by atoms with van der Waals surface area (Å²) in [5, 5.41) is -2.27. The van der Waals surface area contributed by atoms with Gasteiger partial charge in [-0.05, 0) is 66.6 Å². The van der Waals surface area contributed by atoms with Crippen molar-refractivity contribution in [1.82, 2.24) is 14.4 Å². The van der Waals surface area contributed by atoms with Gasteiger partial charge in [0.25, 0.3) is 0 Å². The zero-order chi connectivity index (χ0) is 66.7. The molecular weight excluding hydrogens is 710 g/mol. The van der Waals surface area contributed by atoms with Gasteiger partial charge in [-0.3, -0.25) is 9.59 Å². The van der Waals surface area contributed by atoms with Crippen LogP contribution in [0.4, 0.5) is 22.0 Å². The second-order valence-electron chi connectivity index (χ2n) is 10.2. The summed E-state index contributed by atoms with van der Waals surface area (Å²) in [6.07, 6.45) is -16.0. The fourth-order valence-electron chi connectivity index (χ4n) is 4.24. The zero-order valence-corrected chi connectivity index (χ0v) is 27.1. The minimum absolute atomic E-state index is 0.0991. The fourth-order valence-corrected chi connectivity index (χ4v) is 5.20. The third kappa shape index (κ3) is 9.17. The quantitative estimate of drug-likeness (QED) is 0.0937. The number of halogens is 5. The average Bonchev–Trinajstić information content (AvgIpc) is 0.658. The number of benzene rings is 4. The molecule has 6 nitrogen and oxygen atoms in total. The van der Waals surface area contributed by atoms with E-state index in [1.807, 2.05) is 0 Å². The highest BCUT2D eigenvalue weighted by atomic mass is 32.2. The Kier molecular flexibility index (Phi) is 4.59. The molecule has 0 N–H and O–H groups in total. The van der Waals surface area contributed by atoms with Crippen molar-refractivity contribution in [1.29, 1.82) is 0 Å². The Morgan fingerprint density at radius 1 is 1.04 bits per heavy atom. The molecule has 6 rings (SSSR count). The third-order valence-corrected chi connectivity index (χ3v) is 7.66. The number of alkyl halides is 3. The Morgan fingerprint density at radius 3 is 2.42 bits per heavy atom. The molecule has 0 unspecified atom stereocenters. The number of pyridine rings is 1. The summed E-state index contributed by atoms with van der Waals surface area (Å²) in [6, 6.07) is -28.5. The standard InChI is InChI=1S/C41H40F5N3O3S/c1-27-6-15-36-34(22-27)37(50)23-39(53-26-31-4-3-5-35(42)40(31)43)49(36)25-38(51)48(33-16-18-47(19-17-33)20-21-52-2)24-28-7-9-29(10-8-28)30-11-13-32(14-12-30)41(44,45)46/h3-15,22-23,33H,16-21,24-26H2,1-2H3/i2D3,3D,4D,5D,6D,7D,8D,9D,10D,11D,12D,13D,14D,15D,16D2,17D2,18D2,19D2,20D2,21D2,22D,23D,24D2,33D. The fraction of sp³-hybridized carbons (Fsp3) is 0.317. The van der Waals surface area contributed by atoms with Crippen LogP contribution >= 0.6 is 11.8 Å². The number of aromatic nitrogens is 1. The number of methoxy groups -OCH3 is 1. The molecule has 1 amide bonds. The molecule has 1 fully saturated rings. The lowest BCUT2D eigenvalue weighted by Gasteiger charge is -2.39. The van der Waals surface area contributed by atoms with Gasteiger partial charge in [0.05, 0.1) is 54.2 Å². The van der Waals surface area contributed by atoms with Crippen LogP contribution < -0.4 is 5.43 Å². The van der Waals surface area contributed by atoms with Gasteiger partial charge in [-0.15, -0.1) is 11.8 Å². The van der Waals surface area contributed by atoms with Gasteiger partial charge in [-0.2, -0.15) is 13.2 Å². The number of carbonyl (C=O) groups excluding carboxylic acids is 1. The van der Waals surface area contributed by atoms with Crippen molar-refractivity contribution in [3.63, 3.8) is 0 Å². The summed E-state index contributed by atoms with van der Waals surface area (Å²) in [6.45, 7) is -25.6. The number of nitrogens with zero attached hydrogens (tertiary/aromatic N) is 3. The van der Waals surface area contributed by atoms with E-state index in [-0.39, 0.29) is 16.3 Å². The molecule has 0 bridgehead atoms. The van der Waals surface area contributed by atoms with E-state index in [0.717, 1.165) is 6.92 Å². The van der Waals surface area contributed by atoms with E-state index in [2.05, 4.69) is 4.74 Å². The second kappa shape index (κ2) is 16.7. The van der Waals surface area contributed by atoms with E-state index in [1.165, 1.54) is 0 Å². The number of hydrogen-bond donors (Lipinski definition) is 0. The minimum atomic E-state index is -5.62. The van der Waals surface area contributed by atoms with Crippen LogP contribution in [0.3, 0.4) is 0 Å². The van der Waals surface area contributed by atoms with Gasteiger partial charge < -0.3 is 19.1 Å². The van der Waals surface area contributed by atoms with Crippen molar-refractivity contribution >= 4 is 28.6 Å². The Hall–Kier alpha value is -4.52. The van der Waals surface area contributed by atoms with Crippen molar-refractivity contribution in [3.05, 3.63) is 135 Å². The van der Waals surface area contributed by atoms with Gasteiger partial charge in [0.15, 0.2) is 17.1 Å². The van der Waals surface area contributed by atoms with Gasteiger partial charge in [-0.25, -0.2) is 8.78 Å². The Morgan fingerprint density at radius 2 is 1.74 bits per heavy atom. The first-order valence-electron chi connectivity index (χ1n) is 30.8. The largest absolute Gasteiger partial charge is 0.416 e. The summed E-state index contributed by atoms with van der Waals surface area (Å²) in [4.78, 5) is 27.6. The number of carbonyl (C=O) groups is 1. The lowest BCUT2D eigenvalue weighted by molar-refractivity contribution is -0.137. The Balaban J connectivity index is 1.82. The summed E-state index contributed by atoms with van der Waals surface area (Å²) in [5.74, 6) is -7.86. The number of fused-ring (bicyclic) bond motifs is 1. The molecule has 1 aliphatic rings. The molecule has 12 heteroatoms. The monoisotopic (exact) mass is 782 g/mol. The molecule has 53 heavy (non-hydrogen) atoms. The van der Waals surface area contributed by atoms with Crippen LogP contribution in [0.2, 0.25) is 0 Å². The molecule has 0 spiro atoms. The lowest BCUT2D eigenvalue weighted by atomic mass is 10.00. The molecule has 5 aromatic rings. The Bertz CT molecular complexity index is 3670. The highest BCUT2D eigenvalue weighted by Gasteiger charge is 2.31. The number of hydrogen-bond acceptors (Lipinski definition) is 5. The summed E-state index contributed by atoms with van der Waals surface area (Å²) in [7, 11) is -4.04. The number of rotatable bonds is 12. The van der Waals surface area contributed by atoms with Gasteiger partial charge in [0, 0.05) is 75.5 Å². The van der Waals surface area contributed by atoms with Crippen LogP contribution in [0.1, 0.15) is 80.2 Å². The highest BCUT2D eigenvalue weighted by Crippen LogP contribution is 2.32. The number of ether oxygens (including phenoxy) is 1. The average molecular weight is 783 g/mol. The summed E-state index contributed by atoms with van der Waals surface area (Å²) >= 11 is -0.0991. The number of likely N-dealkylation sites (tertiary alicyclic amines) is 1. The molecule has 278 valence electrons. The van der Waals surface area contributed by atoms with Crippen LogP contribution in [-0.4, -0.2) is 59.4 Å². The number of thioether (sulfide) groups is 1. The maximum absolute atomic E-state index is 15.9. The normalized spacial score (nSPS) is 28.6. The van der Waals surface area contributed by atoms with Crippen LogP contribution in [-0.2, 0) is 34.5 Å². The number of piperidine rings is 1. The third-order valence-electron chi connectivity index (χ3n) is 6.63. The van der Waals surface area contributed by atoms with Crippen LogP contribution in [0, 0.1) is 18.6 Å². The molecule has 2 heterocycles. The lowest BCUT2D eigenvalue weighted by Crippen LogP contribution is -2.48. The van der Waals surface area contributed by atoms with Crippen molar-refractivity contribution in [2.24, 2.45) is 0 Å². The Labute approximate surface area is 355 Å². The highest BCUT2D eigenvalue weighted by molar-refractivity contribution is 7.98. The molecule has 1 aliphatic heterocycles. The first kappa shape index (κ1) is 14.6. The minimum Gasteiger partial charge on any atom is -0.383 e. The molecule has 0 saturated carbocycles.